The quantitative estimate of drug-likeness (QED) is 0.0306. The molecule has 3 unspecified atom stereocenters. The molecule has 0 aliphatic carbocycles. The van der Waals surface area contributed by atoms with Crippen molar-refractivity contribution in [3.63, 3.8) is 0 Å². The van der Waals surface area contributed by atoms with E-state index in [1.165, 1.54) is 186 Å². The zero-order valence-corrected chi connectivity index (χ0v) is 39.4. The topological polar surface area (TPSA) is 149 Å². The standard InChI is InChI=1S/C48H95O10P/c1-3-5-7-9-11-13-15-17-19-21-23-25-27-29-31-33-35-37-39-47(51)55-43-46(44-57-59(53,54)56-42-45(50)41-49)58-48(52)40-38-36-34-32-30-28-26-24-22-20-18-16-14-12-10-8-6-4-2/h45-46,49-50H,3-44H2,1-2H3,(H,53,54). The summed E-state index contributed by atoms with van der Waals surface area (Å²) in [4.78, 5) is 35.1. The van der Waals surface area contributed by atoms with Gasteiger partial charge in [-0.15, -0.1) is 0 Å². The van der Waals surface area contributed by atoms with Crippen molar-refractivity contribution in [3.8, 4) is 0 Å². The Bertz CT molecular complexity index is 951. The monoisotopic (exact) mass is 863 g/mol. The third-order valence-corrected chi connectivity index (χ3v) is 12.2. The van der Waals surface area contributed by atoms with Crippen LogP contribution in [0.3, 0.4) is 0 Å². The molecule has 0 aromatic rings. The smallest absolute Gasteiger partial charge is 0.462 e. The van der Waals surface area contributed by atoms with Gasteiger partial charge in [-0.2, -0.15) is 0 Å². The maximum Gasteiger partial charge on any atom is 0.472 e. The minimum Gasteiger partial charge on any atom is -0.462 e. The molecule has 0 heterocycles. The number of hydrogen-bond donors (Lipinski definition) is 3. The van der Waals surface area contributed by atoms with Crippen LogP contribution in [0.4, 0.5) is 0 Å². The summed E-state index contributed by atoms with van der Waals surface area (Å²) < 4.78 is 32.9. The van der Waals surface area contributed by atoms with Crippen LogP contribution in [0.1, 0.15) is 258 Å². The van der Waals surface area contributed by atoms with Gasteiger partial charge in [0.1, 0.15) is 12.7 Å². The number of hydrogen-bond acceptors (Lipinski definition) is 9. The van der Waals surface area contributed by atoms with Gasteiger partial charge in [0.05, 0.1) is 19.8 Å². The zero-order valence-electron chi connectivity index (χ0n) is 38.5. The Morgan fingerprint density at radius 2 is 0.729 bits per heavy atom. The van der Waals surface area contributed by atoms with E-state index in [4.69, 9.17) is 23.6 Å². The number of ether oxygens (including phenoxy) is 2. The molecule has 0 aliphatic rings. The molecule has 352 valence electrons. The molecule has 59 heavy (non-hydrogen) atoms. The van der Waals surface area contributed by atoms with Gasteiger partial charge in [0.2, 0.25) is 0 Å². The van der Waals surface area contributed by atoms with Crippen LogP contribution in [0, 0.1) is 0 Å². The summed E-state index contributed by atoms with van der Waals surface area (Å²) in [5, 5.41) is 18.4. The SMILES string of the molecule is CCCCCCCCCCCCCCCCCCCCC(=O)OCC(COP(=O)(O)OCC(O)CO)OC(=O)CCCCCCCCCCCCCCCCCCCC. The van der Waals surface area contributed by atoms with Crippen molar-refractivity contribution in [2.75, 3.05) is 26.4 Å². The van der Waals surface area contributed by atoms with Crippen molar-refractivity contribution < 1.29 is 47.8 Å². The first kappa shape index (κ1) is 58.0. The molecule has 10 nitrogen and oxygen atoms in total. The van der Waals surface area contributed by atoms with Gasteiger partial charge in [-0.25, -0.2) is 4.57 Å². The van der Waals surface area contributed by atoms with Crippen LogP contribution < -0.4 is 0 Å². The van der Waals surface area contributed by atoms with Gasteiger partial charge >= 0.3 is 19.8 Å². The van der Waals surface area contributed by atoms with E-state index >= 15 is 0 Å². The Morgan fingerprint density at radius 1 is 0.441 bits per heavy atom. The molecule has 0 aromatic heterocycles. The average molecular weight is 863 g/mol. The molecule has 0 radical (unpaired) electrons. The summed E-state index contributed by atoms with van der Waals surface area (Å²) >= 11 is 0. The van der Waals surface area contributed by atoms with E-state index in [2.05, 4.69) is 13.8 Å². The number of phosphoric acid groups is 1. The predicted octanol–water partition coefficient (Wildman–Crippen LogP) is 13.8. The summed E-state index contributed by atoms with van der Waals surface area (Å²) in [6.07, 6.45) is 43.5. The van der Waals surface area contributed by atoms with Crippen LogP contribution in [-0.2, 0) is 32.7 Å². The normalized spacial score (nSPS) is 13.6. The van der Waals surface area contributed by atoms with Crippen LogP contribution in [0.2, 0.25) is 0 Å². The molecule has 0 aromatic carbocycles. The predicted molar refractivity (Wildman–Crippen MR) is 242 cm³/mol. The van der Waals surface area contributed by atoms with Crippen molar-refractivity contribution in [3.05, 3.63) is 0 Å². The van der Waals surface area contributed by atoms with Gasteiger partial charge in [0, 0.05) is 12.8 Å². The first-order chi connectivity index (χ1) is 28.7. The maximum atomic E-state index is 12.7. The Labute approximate surface area is 363 Å². The molecule has 0 fully saturated rings. The number of aliphatic hydroxyl groups is 2. The van der Waals surface area contributed by atoms with Crippen LogP contribution >= 0.6 is 7.82 Å². The van der Waals surface area contributed by atoms with E-state index in [9.17, 15) is 24.2 Å². The van der Waals surface area contributed by atoms with Gasteiger partial charge in [-0.1, -0.05) is 232 Å². The number of unbranched alkanes of at least 4 members (excludes halogenated alkanes) is 34. The largest absolute Gasteiger partial charge is 0.472 e. The zero-order chi connectivity index (χ0) is 43.3. The van der Waals surface area contributed by atoms with E-state index in [1.54, 1.807) is 0 Å². The highest BCUT2D eigenvalue weighted by Gasteiger charge is 2.27. The summed E-state index contributed by atoms with van der Waals surface area (Å²) in [5.41, 5.74) is 0. The molecular formula is C48H95O10P. The lowest BCUT2D eigenvalue weighted by Crippen LogP contribution is -2.29. The minimum absolute atomic E-state index is 0.193. The van der Waals surface area contributed by atoms with Crippen molar-refractivity contribution >= 4 is 19.8 Å². The highest BCUT2D eigenvalue weighted by Crippen LogP contribution is 2.43. The van der Waals surface area contributed by atoms with Crippen molar-refractivity contribution in [2.24, 2.45) is 0 Å². The van der Waals surface area contributed by atoms with Gasteiger partial charge in [-0.3, -0.25) is 18.6 Å². The molecule has 0 bridgehead atoms. The first-order valence-electron chi connectivity index (χ1n) is 25.0. The molecule has 0 spiro atoms. The van der Waals surface area contributed by atoms with Gasteiger partial charge in [0.25, 0.3) is 0 Å². The molecular weight excluding hydrogens is 767 g/mol. The van der Waals surface area contributed by atoms with E-state index in [0.29, 0.717) is 12.8 Å². The highest BCUT2D eigenvalue weighted by molar-refractivity contribution is 7.47. The Balaban J connectivity index is 4.15. The number of phosphoric ester groups is 1. The molecule has 11 heteroatoms. The summed E-state index contributed by atoms with van der Waals surface area (Å²) in [6, 6.07) is 0. The van der Waals surface area contributed by atoms with Gasteiger partial charge < -0.3 is 24.6 Å². The Morgan fingerprint density at radius 3 is 1.05 bits per heavy atom. The summed E-state index contributed by atoms with van der Waals surface area (Å²) in [6.45, 7) is 2.45. The fourth-order valence-corrected chi connectivity index (χ4v) is 8.20. The first-order valence-corrected chi connectivity index (χ1v) is 26.5. The van der Waals surface area contributed by atoms with Crippen molar-refractivity contribution in [1.29, 1.82) is 0 Å². The second-order valence-electron chi connectivity index (χ2n) is 17.2. The average Bonchev–Trinajstić information content (AvgIpc) is 3.22. The molecule has 3 N–H and O–H groups in total. The van der Waals surface area contributed by atoms with E-state index in [1.807, 2.05) is 0 Å². The summed E-state index contributed by atoms with van der Waals surface area (Å²) in [5.74, 6) is -0.903. The number of carbonyl (C=O) groups is 2. The van der Waals surface area contributed by atoms with E-state index in [-0.39, 0.29) is 19.4 Å². The minimum atomic E-state index is -4.61. The molecule has 3 atom stereocenters. The number of aliphatic hydroxyl groups excluding tert-OH is 2. The third-order valence-electron chi connectivity index (χ3n) is 11.3. The number of rotatable bonds is 48. The number of esters is 2. The number of carbonyl (C=O) groups excluding carboxylic acids is 2. The van der Waals surface area contributed by atoms with Gasteiger partial charge in [-0.05, 0) is 12.8 Å². The van der Waals surface area contributed by atoms with Crippen molar-refractivity contribution in [2.45, 2.75) is 270 Å². The van der Waals surface area contributed by atoms with Crippen LogP contribution in [0.25, 0.3) is 0 Å². The molecule has 0 amide bonds. The molecule has 0 saturated heterocycles. The lowest BCUT2D eigenvalue weighted by atomic mass is 10.0. The van der Waals surface area contributed by atoms with Crippen LogP contribution in [0.15, 0.2) is 0 Å². The van der Waals surface area contributed by atoms with Crippen molar-refractivity contribution in [1.82, 2.24) is 0 Å². The van der Waals surface area contributed by atoms with E-state index in [0.717, 1.165) is 32.1 Å². The lowest BCUT2D eigenvalue weighted by Gasteiger charge is -2.20. The lowest BCUT2D eigenvalue weighted by molar-refractivity contribution is -0.161. The Kier molecular flexibility index (Phi) is 44.2. The van der Waals surface area contributed by atoms with E-state index < -0.39 is 51.8 Å². The van der Waals surface area contributed by atoms with Gasteiger partial charge in [0.15, 0.2) is 6.10 Å². The van der Waals surface area contributed by atoms with Crippen LogP contribution in [-0.4, -0.2) is 65.7 Å². The molecule has 0 rings (SSSR count). The fraction of sp³-hybridized carbons (Fsp3) is 0.958. The fourth-order valence-electron chi connectivity index (χ4n) is 7.41. The second-order valence-corrected chi connectivity index (χ2v) is 18.7. The maximum absolute atomic E-state index is 12.7. The highest BCUT2D eigenvalue weighted by atomic mass is 31.2. The summed E-state index contributed by atoms with van der Waals surface area (Å²) in [7, 11) is -4.61. The Hall–Kier alpha value is -1.03. The second kappa shape index (κ2) is 45.0. The molecule has 0 saturated carbocycles. The van der Waals surface area contributed by atoms with Crippen LogP contribution in [0.5, 0.6) is 0 Å². The molecule has 0 aliphatic heterocycles. The third kappa shape index (κ3) is 44.8.